The summed E-state index contributed by atoms with van der Waals surface area (Å²) in [7, 11) is 0. The van der Waals surface area contributed by atoms with Crippen molar-refractivity contribution in [1.29, 1.82) is 0 Å². The maximum absolute atomic E-state index is 11.4. The zero-order chi connectivity index (χ0) is 11.1. The molecule has 0 atom stereocenters. The SMILES string of the molecule is CCOC(=O)CNC(=O)c1ccccc1.[HH]. The number of carbonyl (C=O) groups excluding carboxylic acids is 2. The second-order valence-corrected chi connectivity index (χ2v) is 2.85. The number of esters is 1. The molecule has 82 valence electrons. The third-order valence-corrected chi connectivity index (χ3v) is 1.73. The van der Waals surface area contributed by atoms with E-state index >= 15 is 0 Å². The number of ether oxygens (including phenoxy) is 1. The second-order valence-electron chi connectivity index (χ2n) is 2.85. The first kappa shape index (κ1) is 11.2. The molecule has 0 unspecified atom stereocenters. The van der Waals surface area contributed by atoms with E-state index in [9.17, 15) is 9.59 Å². The predicted octanol–water partition coefficient (Wildman–Crippen LogP) is 1.23. The molecule has 0 saturated heterocycles. The van der Waals surface area contributed by atoms with Crippen LogP contribution in [0.4, 0.5) is 0 Å². The highest BCUT2D eigenvalue weighted by Gasteiger charge is 2.06. The summed E-state index contributed by atoms with van der Waals surface area (Å²) in [4.78, 5) is 22.4. The van der Waals surface area contributed by atoms with Gasteiger partial charge in [0, 0.05) is 6.99 Å². The Balaban J connectivity index is 0.00000225. The van der Waals surface area contributed by atoms with Crippen LogP contribution in [0.1, 0.15) is 18.7 Å². The summed E-state index contributed by atoms with van der Waals surface area (Å²) in [5.74, 6) is -0.703. The number of benzene rings is 1. The van der Waals surface area contributed by atoms with Crippen LogP contribution in [0.25, 0.3) is 0 Å². The van der Waals surface area contributed by atoms with Crippen LogP contribution in [0.5, 0.6) is 0 Å². The number of carbonyl (C=O) groups is 2. The maximum Gasteiger partial charge on any atom is 0.325 e. The molecule has 4 nitrogen and oxygen atoms in total. The normalized spacial score (nSPS) is 9.40. The summed E-state index contributed by atoms with van der Waals surface area (Å²) in [6, 6.07) is 8.71. The number of hydrogen-bond acceptors (Lipinski definition) is 3. The van der Waals surface area contributed by atoms with E-state index in [1.807, 2.05) is 6.07 Å². The van der Waals surface area contributed by atoms with Crippen LogP contribution in [-0.4, -0.2) is 25.0 Å². The van der Waals surface area contributed by atoms with E-state index in [-0.39, 0.29) is 13.9 Å². The molecule has 0 aliphatic rings. The van der Waals surface area contributed by atoms with Gasteiger partial charge in [0.15, 0.2) is 0 Å². The molecule has 1 N–H and O–H groups in total. The molecule has 15 heavy (non-hydrogen) atoms. The Morgan fingerprint density at radius 3 is 2.60 bits per heavy atom. The fourth-order valence-corrected chi connectivity index (χ4v) is 1.06. The van der Waals surface area contributed by atoms with Gasteiger partial charge in [0.2, 0.25) is 0 Å². The van der Waals surface area contributed by atoms with Gasteiger partial charge in [-0.1, -0.05) is 18.2 Å². The lowest BCUT2D eigenvalue weighted by Gasteiger charge is -2.04. The molecule has 4 heteroatoms. The minimum atomic E-state index is -0.429. The van der Waals surface area contributed by atoms with Crippen molar-refractivity contribution in [2.24, 2.45) is 0 Å². The number of nitrogens with one attached hydrogen (secondary N) is 1. The van der Waals surface area contributed by atoms with Crippen molar-refractivity contribution in [3.8, 4) is 0 Å². The number of rotatable bonds is 4. The van der Waals surface area contributed by atoms with Gasteiger partial charge in [-0.2, -0.15) is 0 Å². The third-order valence-electron chi connectivity index (χ3n) is 1.73. The largest absolute Gasteiger partial charge is 0.465 e. The summed E-state index contributed by atoms with van der Waals surface area (Å²) in [6.07, 6.45) is 0. The zero-order valence-electron chi connectivity index (χ0n) is 8.53. The van der Waals surface area contributed by atoms with Gasteiger partial charge in [-0.25, -0.2) is 0 Å². The highest BCUT2D eigenvalue weighted by atomic mass is 16.5. The molecule has 0 aromatic heterocycles. The van der Waals surface area contributed by atoms with Crippen LogP contribution in [0.2, 0.25) is 0 Å². The van der Waals surface area contributed by atoms with Crippen molar-refractivity contribution in [1.82, 2.24) is 5.32 Å². The van der Waals surface area contributed by atoms with E-state index < -0.39 is 5.97 Å². The predicted molar refractivity (Wildman–Crippen MR) is 57.5 cm³/mol. The summed E-state index contributed by atoms with van der Waals surface area (Å²) in [6.45, 7) is 1.94. The first-order valence-corrected chi connectivity index (χ1v) is 4.73. The molecule has 1 aromatic rings. The Hall–Kier alpha value is -1.84. The lowest BCUT2D eigenvalue weighted by atomic mass is 10.2. The second kappa shape index (κ2) is 5.80. The molecule has 1 rings (SSSR count). The van der Waals surface area contributed by atoms with Crippen LogP contribution in [0.15, 0.2) is 30.3 Å². The van der Waals surface area contributed by atoms with Crippen molar-refractivity contribution in [3.63, 3.8) is 0 Å². The fraction of sp³-hybridized carbons (Fsp3) is 0.273. The Morgan fingerprint density at radius 2 is 2.00 bits per heavy atom. The van der Waals surface area contributed by atoms with Gasteiger partial charge in [-0.3, -0.25) is 9.59 Å². The molecule has 0 aliphatic heterocycles. The molecule has 0 spiro atoms. The van der Waals surface area contributed by atoms with Gasteiger partial charge < -0.3 is 10.1 Å². The highest BCUT2D eigenvalue weighted by Crippen LogP contribution is 1.97. The first-order valence-electron chi connectivity index (χ1n) is 4.73. The van der Waals surface area contributed by atoms with Crippen molar-refractivity contribution in [3.05, 3.63) is 35.9 Å². The standard InChI is InChI=1S/C11H13NO3.H2/c1-2-15-10(13)8-12-11(14)9-6-4-3-5-7-9;/h3-7H,2,8H2,1H3,(H,12,14);1H. The van der Waals surface area contributed by atoms with Crippen LogP contribution >= 0.6 is 0 Å². The Labute approximate surface area is 89.7 Å². The van der Waals surface area contributed by atoms with Crippen LogP contribution in [0.3, 0.4) is 0 Å². The molecule has 0 bridgehead atoms. The van der Waals surface area contributed by atoms with Crippen LogP contribution < -0.4 is 5.32 Å². The molecular formula is C11H15NO3. The van der Waals surface area contributed by atoms with Gasteiger partial charge in [-0.05, 0) is 19.1 Å². The van der Waals surface area contributed by atoms with Crippen LogP contribution in [-0.2, 0) is 9.53 Å². The van der Waals surface area contributed by atoms with Gasteiger partial charge in [-0.15, -0.1) is 0 Å². The maximum atomic E-state index is 11.4. The summed E-state index contributed by atoms with van der Waals surface area (Å²) in [5, 5.41) is 2.47. The Morgan fingerprint density at radius 1 is 1.33 bits per heavy atom. The average molecular weight is 209 g/mol. The number of hydrogen-bond donors (Lipinski definition) is 1. The Kier molecular flexibility index (Phi) is 4.34. The van der Waals surface area contributed by atoms with Crippen molar-refractivity contribution in [2.75, 3.05) is 13.2 Å². The van der Waals surface area contributed by atoms with Gasteiger partial charge in [0.05, 0.1) is 6.61 Å². The minimum Gasteiger partial charge on any atom is -0.465 e. The lowest BCUT2D eigenvalue weighted by Crippen LogP contribution is -2.30. The average Bonchev–Trinajstić information content (AvgIpc) is 2.27. The van der Waals surface area contributed by atoms with Gasteiger partial charge in [0.25, 0.3) is 5.91 Å². The lowest BCUT2D eigenvalue weighted by molar-refractivity contribution is -0.141. The first-order chi connectivity index (χ1) is 7.24. The van der Waals surface area contributed by atoms with E-state index in [0.717, 1.165) is 0 Å². The fourth-order valence-electron chi connectivity index (χ4n) is 1.06. The van der Waals surface area contributed by atoms with Crippen molar-refractivity contribution >= 4 is 11.9 Å². The molecule has 1 aromatic carbocycles. The van der Waals surface area contributed by atoms with E-state index in [4.69, 9.17) is 0 Å². The summed E-state index contributed by atoms with van der Waals surface area (Å²) >= 11 is 0. The molecule has 0 radical (unpaired) electrons. The third kappa shape index (κ3) is 3.81. The number of amides is 1. The minimum absolute atomic E-state index is 0. The summed E-state index contributed by atoms with van der Waals surface area (Å²) < 4.78 is 4.67. The topological polar surface area (TPSA) is 55.4 Å². The monoisotopic (exact) mass is 209 g/mol. The molecule has 0 saturated carbocycles. The summed E-state index contributed by atoms with van der Waals surface area (Å²) in [5.41, 5.74) is 0.529. The molecule has 0 aliphatic carbocycles. The highest BCUT2D eigenvalue weighted by molar-refractivity contribution is 5.95. The van der Waals surface area contributed by atoms with Crippen LogP contribution in [0, 0.1) is 0 Å². The molecule has 0 heterocycles. The van der Waals surface area contributed by atoms with Gasteiger partial charge >= 0.3 is 5.97 Å². The zero-order valence-corrected chi connectivity index (χ0v) is 8.53. The molecule has 0 fully saturated rings. The van der Waals surface area contributed by atoms with E-state index in [2.05, 4.69) is 10.1 Å². The molecular weight excluding hydrogens is 194 g/mol. The van der Waals surface area contributed by atoms with E-state index in [1.165, 1.54) is 0 Å². The molecule has 1 amide bonds. The smallest absolute Gasteiger partial charge is 0.325 e. The van der Waals surface area contributed by atoms with Crippen molar-refractivity contribution < 1.29 is 15.8 Å². The van der Waals surface area contributed by atoms with Crippen molar-refractivity contribution in [2.45, 2.75) is 6.92 Å². The Bertz CT molecular complexity index is 340. The van der Waals surface area contributed by atoms with Gasteiger partial charge in [0.1, 0.15) is 6.54 Å². The quantitative estimate of drug-likeness (QED) is 0.759. The van der Waals surface area contributed by atoms with E-state index in [0.29, 0.717) is 12.2 Å². The van der Waals surface area contributed by atoms with E-state index in [1.54, 1.807) is 31.2 Å².